The molecule has 0 spiro atoms. The Labute approximate surface area is 186 Å². The molecule has 0 bridgehead atoms. The summed E-state index contributed by atoms with van der Waals surface area (Å²) in [5, 5.41) is 11.4. The van der Waals surface area contributed by atoms with Gasteiger partial charge in [-0.3, -0.25) is 9.59 Å². The maximum atomic E-state index is 11.7. The van der Waals surface area contributed by atoms with Crippen molar-refractivity contribution in [2.75, 3.05) is 13.2 Å². The summed E-state index contributed by atoms with van der Waals surface area (Å²) in [7, 11) is 0. The number of Topliss-reactive ketones (excluding diaryl/α,β-unsaturated/α-hetero) is 1. The van der Waals surface area contributed by atoms with E-state index in [4.69, 9.17) is 9.47 Å². The van der Waals surface area contributed by atoms with Gasteiger partial charge in [0, 0.05) is 22.4 Å². The van der Waals surface area contributed by atoms with Crippen LogP contribution in [0.15, 0.2) is 66.7 Å². The fourth-order valence-electron chi connectivity index (χ4n) is 3.88. The van der Waals surface area contributed by atoms with Crippen LogP contribution in [0.5, 0.6) is 11.5 Å². The summed E-state index contributed by atoms with van der Waals surface area (Å²) in [6.07, 6.45) is 1.58. The van der Waals surface area contributed by atoms with Crippen LogP contribution in [0, 0.1) is 0 Å². The van der Waals surface area contributed by atoms with Crippen molar-refractivity contribution < 1.29 is 24.2 Å². The fourth-order valence-corrected chi connectivity index (χ4v) is 3.88. The van der Waals surface area contributed by atoms with Gasteiger partial charge in [0.05, 0.1) is 24.3 Å². The van der Waals surface area contributed by atoms with Crippen LogP contribution >= 0.6 is 0 Å². The molecule has 1 heterocycles. The van der Waals surface area contributed by atoms with Crippen LogP contribution in [-0.4, -0.2) is 34.6 Å². The Balaban J connectivity index is 1.37. The Morgan fingerprint density at radius 1 is 0.844 bits per heavy atom. The van der Waals surface area contributed by atoms with Crippen LogP contribution < -0.4 is 9.47 Å². The van der Waals surface area contributed by atoms with Crippen LogP contribution in [0.2, 0.25) is 0 Å². The van der Waals surface area contributed by atoms with Gasteiger partial charge in [0.1, 0.15) is 18.0 Å². The number of ketones is 1. The first kappa shape index (κ1) is 21.4. The van der Waals surface area contributed by atoms with Gasteiger partial charge in [-0.05, 0) is 50.1 Å². The van der Waals surface area contributed by atoms with Crippen molar-refractivity contribution >= 4 is 33.6 Å². The molecule has 0 amide bonds. The molecular formula is C26H25NO5. The zero-order valence-electron chi connectivity index (χ0n) is 17.9. The highest BCUT2D eigenvalue weighted by molar-refractivity contribution is 6.08. The first-order chi connectivity index (χ1) is 15.5. The summed E-state index contributed by atoms with van der Waals surface area (Å²) < 4.78 is 13.5. The number of carbonyl (C=O) groups is 2. The smallest absolute Gasteiger partial charge is 0.323 e. The van der Waals surface area contributed by atoms with E-state index in [1.807, 2.05) is 54.6 Å². The number of carboxylic acid groups (broad SMARTS) is 1. The molecule has 4 rings (SSSR count). The number of hydrogen-bond acceptors (Lipinski definition) is 4. The van der Waals surface area contributed by atoms with Crippen LogP contribution in [0.4, 0.5) is 0 Å². The SMILES string of the molecule is CC(=O)c1ccccc1OCCCCOc1ccc2c3ccccc3n(CC(=O)O)c2c1. The minimum absolute atomic E-state index is 0.0142. The average Bonchev–Trinajstić information content (AvgIpc) is 3.09. The highest BCUT2D eigenvalue weighted by Crippen LogP contribution is 2.31. The van der Waals surface area contributed by atoms with E-state index in [0.717, 1.165) is 34.6 Å². The first-order valence-electron chi connectivity index (χ1n) is 10.6. The van der Waals surface area contributed by atoms with E-state index in [0.29, 0.717) is 30.3 Å². The molecule has 1 aromatic heterocycles. The van der Waals surface area contributed by atoms with Gasteiger partial charge in [0.2, 0.25) is 0 Å². The highest BCUT2D eigenvalue weighted by Gasteiger charge is 2.13. The van der Waals surface area contributed by atoms with E-state index in [-0.39, 0.29) is 12.3 Å². The van der Waals surface area contributed by atoms with Gasteiger partial charge in [0.25, 0.3) is 0 Å². The van der Waals surface area contributed by atoms with Gasteiger partial charge in [-0.15, -0.1) is 0 Å². The van der Waals surface area contributed by atoms with Gasteiger partial charge in [-0.25, -0.2) is 0 Å². The fraction of sp³-hybridized carbons (Fsp3) is 0.231. The summed E-state index contributed by atoms with van der Waals surface area (Å²) >= 11 is 0. The van der Waals surface area contributed by atoms with Crippen molar-refractivity contribution in [2.45, 2.75) is 26.3 Å². The van der Waals surface area contributed by atoms with Gasteiger partial charge in [-0.1, -0.05) is 30.3 Å². The Hall–Kier alpha value is -3.80. The molecule has 0 atom stereocenters. The van der Waals surface area contributed by atoms with Crippen molar-refractivity contribution in [3.8, 4) is 11.5 Å². The van der Waals surface area contributed by atoms with Crippen molar-refractivity contribution in [3.05, 3.63) is 72.3 Å². The second kappa shape index (κ2) is 9.56. The van der Waals surface area contributed by atoms with Crippen LogP contribution in [0.1, 0.15) is 30.1 Å². The third kappa shape index (κ3) is 4.59. The van der Waals surface area contributed by atoms with Gasteiger partial charge in [-0.2, -0.15) is 0 Å². The van der Waals surface area contributed by atoms with E-state index in [9.17, 15) is 14.7 Å². The van der Waals surface area contributed by atoms with Crippen LogP contribution in [-0.2, 0) is 11.3 Å². The average molecular weight is 431 g/mol. The minimum Gasteiger partial charge on any atom is -0.494 e. The summed E-state index contributed by atoms with van der Waals surface area (Å²) in [5.74, 6) is 0.414. The Kier molecular flexibility index (Phi) is 6.40. The second-order valence-corrected chi connectivity index (χ2v) is 7.63. The van der Waals surface area contributed by atoms with E-state index in [1.54, 1.807) is 16.7 Å². The number of hydrogen-bond donors (Lipinski definition) is 1. The van der Waals surface area contributed by atoms with E-state index >= 15 is 0 Å². The summed E-state index contributed by atoms with van der Waals surface area (Å²) in [6.45, 7) is 2.44. The molecule has 0 fully saturated rings. The molecule has 6 nitrogen and oxygen atoms in total. The topological polar surface area (TPSA) is 77.8 Å². The largest absolute Gasteiger partial charge is 0.494 e. The lowest BCUT2D eigenvalue weighted by Gasteiger charge is -2.10. The number of rotatable bonds is 10. The molecule has 0 unspecified atom stereocenters. The van der Waals surface area contributed by atoms with Crippen molar-refractivity contribution in [1.82, 2.24) is 4.57 Å². The number of nitrogens with zero attached hydrogens (tertiary/aromatic N) is 1. The van der Waals surface area contributed by atoms with E-state index in [1.165, 1.54) is 6.92 Å². The molecule has 3 aromatic carbocycles. The second-order valence-electron chi connectivity index (χ2n) is 7.63. The first-order valence-corrected chi connectivity index (χ1v) is 10.6. The number of carboxylic acids is 1. The molecule has 0 aliphatic rings. The van der Waals surface area contributed by atoms with Gasteiger partial charge in [0.15, 0.2) is 5.78 Å². The number of unbranched alkanes of at least 4 members (excludes halogenated alkanes) is 1. The van der Waals surface area contributed by atoms with Crippen molar-refractivity contribution in [1.29, 1.82) is 0 Å². The zero-order valence-corrected chi connectivity index (χ0v) is 17.9. The molecular weight excluding hydrogens is 406 g/mol. The molecule has 4 aromatic rings. The van der Waals surface area contributed by atoms with Gasteiger partial charge < -0.3 is 19.1 Å². The third-order valence-corrected chi connectivity index (χ3v) is 5.37. The van der Waals surface area contributed by atoms with Crippen LogP contribution in [0.25, 0.3) is 21.8 Å². The number of aromatic nitrogens is 1. The molecule has 6 heteroatoms. The van der Waals surface area contributed by atoms with Crippen molar-refractivity contribution in [2.24, 2.45) is 0 Å². The molecule has 0 saturated carbocycles. The molecule has 1 N–H and O–H groups in total. The predicted octanol–water partition coefficient (Wildman–Crippen LogP) is 5.32. The summed E-state index contributed by atoms with van der Waals surface area (Å²) in [5.41, 5.74) is 2.33. The number of para-hydroxylation sites is 2. The zero-order chi connectivity index (χ0) is 22.5. The lowest BCUT2D eigenvalue weighted by molar-refractivity contribution is -0.137. The van der Waals surface area contributed by atoms with Gasteiger partial charge >= 0.3 is 5.97 Å². The number of carbonyl (C=O) groups excluding carboxylic acids is 1. The molecule has 0 radical (unpaired) electrons. The summed E-state index contributed by atoms with van der Waals surface area (Å²) in [4.78, 5) is 23.0. The summed E-state index contributed by atoms with van der Waals surface area (Å²) in [6, 6.07) is 20.8. The molecule has 164 valence electrons. The molecule has 32 heavy (non-hydrogen) atoms. The lowest BCUT2D eigenvalue weighted by Crippen LogP contribution is -2.08. The molecule has 0 saturated heterocycles. The number of fused-ring (bicyclic) bond motifs is 3. The monoisotopic (exact) mass is 431 g/mol. The van der Waals surface area contributed by atoms with Crippen molar-refractivity contribution in [3.63, 3.8) is 0 Å². The van der Waals surface area contributed by atoms with E-state index in [2.05, 4.69) is 0 Å². The molecule has 0 aliphatic heterocycles. The Bertz CT molecular complexity index is 1270. The Morgan fingerprint density at radius 3 is 2.31 bits per heavy atom. The minimum atomic E-state index is -0.884. The number of ether oxygens (including phenoxy) is 2. The highest BCUT2D eigenvalue weighted by atomic mass is 16.5. The normalized spacial score (nSPS) is 11.0. The lowest BCUT2D eigenvalue weighted by atomic mass is 10.1. The quantitative estimate of drug-likeness (QED) is 0.272. The Morgan fingerprint density at radius 2 is 1.53 bits per heavy atom. The number of benzene rings is 3. The van der Waals surface area contributed by atoms with Crippen LogP contribution in [0.3, 0.4) is 0 Å². The third-order valence-electron chi connectivity index (χ3n) is 5.37. The standard InChI is InChI=1S/C26H25NO5/c1-18(28)20-8-3-5-11-25(20)32-15-7-6-14-31-19-12-13-22-21-9-2-4-10-23(21)27(17-26(29)30)24(22)16-19/h2-5,8-13,16H,6-7,14-15,17H2,1H3,(H,29,30). The number of aliphatic carboxylic acids is 1. The maximum Gasteiger partial charge on any atom is 0.323 e. The van der Waals surface area contributed by atoms with E-state index < -0.39 is 5.97 Å². The molecule has 0 aliphatic carbocycles. The maximum absolute atomic E-state index is 11.7. The predicted molar refractivity (Wildman–Crippen MR) is 124 cm³/mol.